The molecular formula is C51H61N3O9. The van der Waals surface area contributed by atoms with E-state index in [1.165, 1.54) is 60.8 Å². The Bertz CT molecular complexity index is 2270. The van der Waals surface area contributed by atoms with Gasteiger partial charge in [-0.15, -0.1) is 0 Å². The SMILES string of the molecule is CCCCc1ccc(-c2ccc(C(=O)CC(C)CC(=O)C[C@@H](CCCCN)C(=O)N(C)[C@@H]3C(=O)C[C@@H](C)C(=O)N[C@H](C(=O)O)Cc4ccc(O)c(c4)-c4cc3ccc4O)cc2)cc1. The van der Waals surface area contributed by atoms with Crippen LogP contribution in [0.5, 0.6) is 11.5 Å². The quantitative estimate of drug-likeness (QED) is 0.0482. The Morgan fingerprint density at radius 3 is 2.08 bits per heavy atom. The van der Waals surface area contributed by atoms with Crippen LogP contribution in [-0.4, -0.2) is 75.0 Å². The number of fused-ring (bicyclic) bond motifs is 5. The average molecular weight is 860 g/mol. The molecule has 1 aliphatic rings. The first-order valence-electron chi connectivity index (χ1n) is 22.0. The first-order valence-corrected chi connectivity index (χ1v) is 22.0. The summed E-state index contributed by atoms with van der Waals surface area (Å²) in [7, 11) is 1.46. The number of benzene rings is 4. The van der Waals surface area contributed by atoms with Crippen LogP contribution in [0, 0.1) is 17.8 Å². The topological polar surface area (TPSA) is 204 Å². The number of amides is 2. The maximum absolute atomic E-state index is 14.6. The fourth-order valence-electron chi connectivity index (χ4n) is 8.36. The Hall–Kier alpha value is -6.14. The van der Waals surface area contributed by atoms with Crippen LogP contribution in [0.3, 0.4) is 0 Å². The number of phenols is 2. The summed E-state index contributed by atoms with van der Waals surface area (Å²) in [6.45, 7) is 5.89. The maximum atomic E-state index is 14.6. The van der Waals surface area contributed by atoms with Gasteiger partial charge in [0.1, 0.15) is 29.4 Å². The van der Waals surface area contributed by atoms with Crippen molar-refractivity contribution >= 4 is 35.1 Å². The number of nitrogens with one attached hydrogen (secondary N) is 1. The number of carbonyl (C=O) groups is 6. The maximum Gasteiger partial charge on any atom is 0.326 e. The van der Waals surface area contributed by atoms with Gasteiger partial charge in [0.2, 0.25) is 11.8 Å². The minimum atomic E-state index is -1.35. The van der Waals surface area contributed by atoms with Crippen LogP contribution in [0.4, 0.5) is 0 Å². The minimum Gasteiger partial charge on any atom is -0.507 e. The van der Waals surface area contributed by atoms with Gasteiger partial charge >= 0.3 is 5.97 Å². The van der Waals surface area contributed by atoms with E-state index < -0.39 is 47.5 Å². The van der Waals surface area contributed by atoms with E-state index in [1.54, 1.807) is 0 Å². The zero-order valence-corrected chi connectivity index (χ0v) is 36.8. The van der Waals surface area contributed by atoms with Crippen LogP contribution in [-0.2, 0) is 36.8 Å². The molecule has 5 atom stereocenters. The van der Waals surface area contributed by atoms with E-state index in [1.807, 2.05) is 31.2 Å². The molecule has 0 radical (unpaired) electrons. The molecule has 0 spiro atoms. The largest absolute Gasteiger partial charge is 0.507 e. The number of aryl methyl sites for hydroxylation is 1. The summed E-state index contributed by atoms with van der Waals surface area (Å²) >= 11 is 0. The lowest BCUT2D eigenvalue weighted by Crippen LogP contribution is -2.45. The van der Waals surface area contributed by atoms with Crippen LogP contribution >= 0.6 is 0 Å². The van der Waals surface area contributed by atoms with Crippen molar-refractivity contribution in [3.8, 4) is 33.8 Å². The molecule has 63 heavy (non-hydrogen) atoms. The number of Topliss-reactive ketones (excluding diaryl/α,β-unsaturated/α-hetero) is 3. The van der Waals surface area contributed by atoms with Gasteiger partial charge in [0.05, 0.1) is 0 Å². The molecule has 0 aliphatic carbocycles. The van der Waals surface area contributed by atoms with E-state index in [0.717, 1.165) is 30.4 Å². The molecule has 334 valence electrons. The summed E-state index contributed by atoms with van der Waals surface area (Å²) in [5.41, 5.74) is 10.8. The number of ketones is 3. The first kappa shape index (κ1) is 47.9. The average Bonchev–Trinajstić information content (AvgIpc) is 3.25. The molecule has 0 saturated heterocycles. The third kappa shape index (κ3) is 12.7. The number of rotatable bonds is 18. The van der Waals surface area contributed by atoms with Gasteiger partial charge in [0.15, 0.2) is 11.6 Å². The number of phenolic OH excluding ortho intramolecular Hbond substituents is 2. The summed E-state index contributed by atoms with van der Waals surface area (Å²) < 4.78 is 0. The summed E-state index contributed by atoms with van der Waals surface area (Å²) in [4.78, 5) is 82.7. The molecule has 5 rings (SSSR count). The molecule has 1 aliphatic heterocycles. The van der Waals surface area contributed by atoms with Crippen molar-refractivity contribution in [2.45, 2.75) is 103 Å². The number of likely N-dealkylation sites (N-methyl/N-ethyl adjacent to an activating group) is 1. The predicted molar refractivity (Wildman–Crippen MR) is 242 cm³/mol. The first-order chi connectivity index (χ1) is 30.1. The van der Waals surface area contributed by atoms with Gasteiger partial charge in [-0.05, 0) is 90.2 Å². The zero-order chi connectivity index (χ0) is 45.8. The lowest BCUT2D eigenvalue weighted by molar-refractivity contribution is -0.144. The molecule has 4 aromatic rings. The molecule has 4 bridgehead atoms. The molecule has 0 aromatic heterocycles. The Kier molecular flexibility index (Phi) is 16.9. The number of nitrogens with zero attached hydrogens (tertiary/aromatic N) is 1. The van der Waals surface area contributed by atoms with Crippen LogP contribution in [0.1, 0.15) is 112 Å². The van der Waals surface area contributed by atoms with Gasteiger partial charge in [-0.2, -0.15) is 0 Å². The summed E-state index contributed by atoms with van der Waals surface area (Å²) in [6.07, 6.45) is 4.37. The lowest BCUT2D eigenvalue weighted by Gasteiger charge is -2.32. The van der Waals surface area contributed by atoms with Gasteiger partial charge in [-0.25, -0.2) is 4.79 Å². The standard InChI is InChI=1S/C51H61N3O9/c1-5-6-9-33-11-14-35(15-12-33)36-16-18-37(19-17-36)46(58)25-31(2)24-40(55)29-39(10-7-8-23-52)50(61)54(4)48-38-20-22-45(57)42(30-38)41-27-34(13-21-44(41)56)28-43(51(62)63)53-49(60)32(3)26-47(48)59/h11-22,27,30-32,39,43,48,56-57H,5-10,23-26,28-29,52H2,1-4H3,(H,53,60)(H,62,63)/t31?,32-,39-,43+,48+/m1/s1. The molecule has 1 unspecified atom stereocenters. The minimum absolute atomic E-state index is 0.0643. The number of carbonyl (C=O) groups excluding carboxylic acids is 5. The Balaban J connectivity index is 1.34. The molecular weight excluding hydrogens is 799 g/mol. The Labute approximate surface area is 369 Å². The second-order valence-corrected chi connectivity index (χ2v) is 17.2. The van der Waals surface area contributed by atoms with E-state index in [4.69, 9.17) is 5.73 Å². The van der Waals surface area contributed by atoms with E-state index in [9.17, 15) is 44.1 Å². The van der Waals surface area contributed by atoms with Crippen LogP contribution in [0.25, 0.3) is 22.3 Å². The Morgan fingerprint density at radius 2 is 1.44 bits per heavy atom. The molecule has 12 nitrogen and oxygen atoms in total. The number of aromatic hydroxyl groups is 2. The number of carboxylic acids is 1. The number of nitrogens with two attached hydrogens (primary N) is 1. The molecule has 2 amide bonds. The van der Waals surface area contributed by atoms with Gasteiger partial charge in [0, 0.05) is 67.7 Å². The second kappa shape index (κ2) is 22.3. The van der Waals surface area contributed by atoms with E-state index >= 15 is 0 Å². The third-order valence-electron chi connectivity index (χ3n) is 12.0. The number of hydrogen-bond donors (Lipinski definition) is 5. The zero-order valence-electron chi connectivity index (χ0n) is 36.8. The van der Waals surface area contributed by atoms with Crippen molar-refractivity contribution < 1.29 is 44.1 Å². The van der Waals surface area contributed by atoms with Crippen molar-refractivity contribution in [3.63, 3.8) is 0 Å². The molecule has 12 heteroatoms. The highest BCUT2D eigenvalue weighted by molar-refractivity contribution is 5.98. The summed E-state index contributed by atoms with van der Waals surface area (Å²) in [5, 5.41) is 34.4. The van der Waals surface area contributed by atoms with Crippen LogP contribution in [0.15, 0.2) is 84.9 Å². The van der Waals surface area contributed by atoms with Crippen molar-refractivity contribution in [3.05, 3.63) is 107 Å². The van der Waals surface area contributed by atoms with Gasteiger partial charge in [-0.3, -0.25) is 24.0 Å². The highest BCUT2D eigenvalue weighted by atomic mass is 16.4. The number of aliphatic carboxylic acids is 1. The van der Waals surface area contributed by atoms with E-state index in [-0.39, 0.29) is 72.2 Å². The third-order valence-corrected chi connectivity index (χ3v) is 12.0. The smallest absolute Gasteiger partial charge is 0.326 e. The van der Waals surface area contributed by atoms with Gasteiger partial charge < -0.3 is 31.3 Å². The molecule has 4 aromatic carbocycles. The molecule has 0 saturated carbocycles. The summed E-state index contributed by atoms with van der Waals surface area (Å²) in [5.74, 6) is -5.83. The van der Waals surface area contributed by atoms with Crippen molar-refractivity contribution in [1.29, 1.82) is 0 Å². The van der Waals surface area contributed by atoms with Crippen molar-refractivity contribution in [2.75, 3.05) is 13.6 Å². The monoisotopic (exact) mass is 859 g/mol. The highest BCUT2D eigenvalue weighted by Crippen LogP contribution is 2.40. The number of hydrogen-bond acceptors (Lipinski definition) is 9. The van der Waals surface area contributed by atoms with E-state index in [0.29, 0.717) is 42.5 Å². The predicted octanol–water partition coefficient (Wildman–Crippen LogP) is 8.00. The fourth-order valence-corrected chi connectivity index (χ4v) is 8.36. The Morgan fingerprint density at radius 1 is 0.810 bits per heavy atom. The molecule has 6 N–H and O–H groups in total. The van der Waals surface area contributed by atoms with Gasteiger partial charge in [0.25, 0.3) is 0 Å². The highest BCUT2D eigenvalue weighted by Gasteiger charge is 2.36. The summed E-state index contributed by atoms with van der Waals surface area (Å²) in [6, 6.07) is 22.0. The second-order valence-electron chi connectivity index (χ2n) is 17.2. The molecule has 1 heterocycles. The normalized spacial score (nSPS) is 17.5. The molecule has 0 fully saturated rings. The lowest BCUT2D eigenvalue weighted by atomic mass is 9.87. The van der Waals surface area contributed by atoms with Crippen molar-refractivity contribution in [1.82, 2.24) is 10.2 Å². The van der Waals surface area contributed by atoms with E-state index in [2.05, 4.69) is 36.5 Å². The van der Waals surface area contributed by atoms with Gasteiger partial charge in [-0.1, -0.05) is 94.3 Å². The number of unbranched alkanes of at least 4 members (excludes halogenated alkanes) is 2. The fraction of sp³-hybridized carbons (Fsp3) is 0.412. The van der Waals surface area contributed by atoms with Crippen LogP contribution in [0.2, 0.25) is 0 Å². The number of carboxylic acid groups (broad SMARTS) is 1. The van der Waals surface area contributed by atoms with Crippen molar-refractivity contribution in [2.24, 2.45) is 23.5 Å². The van der Waals surface area contributed by atoms with Crippen LogP contribution < -0.4 is 11.1 Å².